The van der Waals surface area contributed by atoms with Gasteiger partial charge in [-0.1, -0.05) is 34.1 Å². The summed E-state index contributed by atoms with van der Waals surface area (Å²) in [6.07, 6.45) is 6.63. The first-order valence-electron chi connectivity index (χ1n) is 7.90. The van der Waals surface area contributed by atoms with Crippen molar-refractivity contribution in [2.24, 2.45) is 28.1 Å². The van der Waals surface area contributed by atoms with E-state index in [-0.39, 0.29) is 17.5 Å². The van der Waals surface area contributed by atoms with Gasteiger partial charge in [0.2, 0.25) is 0 Å². The maximum atomic E-state index is 11.6. The highest BCUT2D eigenvalue weighted by Crippen LogP contribution is 2.74. The van der Waals surface area contributed by atoms with Gasteiger partial charge in [0, 0.05) is 18.3 Å². The standard InChI is InChI=1S/C17H28O2/c1-11(18)19-14-13-12-7-10-17(14,5)16(12,4)9-6-8-15(13,2)3/h12-14H,6-10H2,1-5H3/t12?,13-,14-,16?,17+/m0/s1. The van der Waals surface area contributed by atoms with Crippen LogP contribution >= 0.6 is 0 Å². The fraction of sp³-hybridized carbons (Fsp3) is 0.941. The minimum atomic E-state index is -0.0949. The average molecular weight is 264 g/mol. The molecule has 0 amide bonds. The highest BCUT2D eigenvalue weighted by molar-refractivity contribution is 5.66. The maximum absolute atomic E-state index is 11.6. The molecule has 4 bridgehead atoms. The van der Waals surface area contributed by atoms with Gasteiger partial charge in [-0.05, 0) is 42.4 Å². The molecule has 0 aromatic carbocycles. The zero-order valence-corrected chi connectivity index (χ0v) is 13.1. The molecule has 0 aromatic heterocycles. The van der Waals surface area contributed by atoms with Gasteiger partial charge < -0.3 is 4.74 Å². The van der Waals surface area contributed by atoms with Crippen molar-refractivity contribution in [3.63, 3.8) is 0 Å². The van der Waals surface area contributed by atoms with Crippen molar-refractivity contribution in [1.82, 2.24) is 0 Å². The van der Waals surface area contributed by atoms with Gasteiger partial charge in [0.1, 0.15) is 6.10 Å². The summed E-state index contributed by atoms with van der Waals surface area (Å²) in [5.74, 6) is 1.21. The van der Waals surface area contributed by atoms with Crippen molar-refractivity contribution in [2.75, 3.05) is 0 Å². The zero-order valence-electron chi connectivity index (χ0n) is 13.1. The number of carbonyl (C=O) groups is 1. The smallest absolute Gasteiger partial charge is 0.302 e. The van der Waals surface area contributed by atoms with E-state index in [1.807, 2.05) is 0 Å². The van der Waals surface area contributed by atoms with Gasteiger partial charge in [-0.2, -0.15) is 0 Å². The SMILES string of the molecule is CC(=O)O[C@H]1[C@@H]2C3CC[C@@]1(C)C3(C)CCCC2(C)C. The predicted octanol–water partition coefficient (Wildman–Crippen LogP) is 4.18. The molecule has 0 radical (unpaired) electrons. The number of carbonyl (C=O) groups excluding carboxylic acids is 1. The van der Waals surface area contributed by atoms with Crippen molar-refractivity contribution < 1.29 is 9.53 Å². The van der Waals surface area contributed by atoms with E-state index in [2.05, 4.69) is 27.7 Å². The van der Waals surface area contributed by atoms with E-state index in [1.165, 1.54) is 32.1 Å². The van der Waals surface area contributed by atoms with Crippen LogP contribution in [0.4, 0.5) is 0 Å². The minimum absolute atomic E-state index is 0.0949. The Labute approximate surface area is 117 Å². The Balaban J connectivity index is 2.08. The summed E-state index contributed by atoms with van der Waals surface area (Å²) in [7, 11) is 0. The summed E-state index contributed by atoms with van der Waals surface area (Å²) in [5, 5.41) is 0. The third kappa shape index (κ3) is 1.52. The first-order chi connectivity index (χ1) is 8.72. The van der Waals surface area contributed by atoms with Crippen molar-refractivity contribution in [1.29, 1.82) is 0 Å². The quantitative estimate of drug-likeness (QED) is 0.664. The van der Waals surface area contributed by atoms with E-state index < -0.39 is 0 Å². The van der Waals surface area contributed by atoms with Crippen LogP contribution in [0.15, 0.2) is 0 Å². The Morgan fingerprint density at radius 2 is 1.74 bits per heavy atom. The molecule has 3 rings (SSSR count). The summed E-state index contributed by atoms with van der Waals surface area (Å²) in [4.78, 5) is 11.6. The van der Waals surface area contributed by atoms with Gasteiger partial charge in [-0.15, -0.1) is 0 Å². The number of esters is 1. The molecule has 3 fully saturated rings. The highest BCUT2D eigenvalue weighted by atomic mass is 16.5. The lowest BCUT2D eigenvalue weighted by molar-refractivity contribution is -0.163. The Bertz CT molecular complexity index is 413. The van der Waals surface area contributed by atoms with Gasteiger partial charge in [0.15, 0.2) is 0 Å². The van der Waals surface area contributed by atoms with Crippen LogP contribution in [0.1, 0.15) is 66.7 Å². The van der Waals surface area contributed by atoms with Crippen LogP contribution in [-0.2, 0) is 9.53 Å². The second kappa shape index (κ2) is 3.77. The lowest BCUT2D eigenvalue weighted by atomic mass is 9.63. The molecule has 0 spiro atoms. The fourth-order valence-corrected chi connectivity index (χ4v) is 6.02. The third-order valence-corrected chi connectivity index (χ3v) is 7.20. The van der Waals surface area contributed by atoms with Gasteiger partial charge in [-0.25, -0.2) is 0 Å². The number of hydrogen-bond acceptors (Lipinski definition) is 2. The molecule has 2 nitrogen and oxygen atoms in total. The summed E-state index contributed by atoms with van der Waals surface area (Å²) >= 11 is 0. The van der Waals surface area contributed by atoms with Crippen molar-refractivity contribution in [3.05, 3.63) is 0 Å². The Hall–Kier alpha value is -0.530. The molecule has 3 aliphatic carbocycles. The molecule has 0 saturated heterocycles. The van der Waals surface area contributed by atoms with Gasteiger partial charge in [-0.3, -0.25) is 4.79 Å². The van der Waals surface area contributed by atoms with Crippen molar-refractivity contribution >= 4 is 5.97 Å². The van der Waals surface area contributed by atoms with E-state index in [0.29, 0.717) is 16.7 Å². The normalized spacial score (nSPS) is 50.9. The monoisotopic (exact) mass is 264 g/mol. The van der Waals surface area contributed by atoms with E-state index in [4.69, 9.17) is 4.74 Å². The molecule has 3 aliphatic rings. The van der Waals surface area contributed by atoms with Gasteiger partial charge in [0.05, 0.1) is 0 Å². The molecule has 2 heteroatoms. The average Bonchev–Trinajstić information content (AvgIpc) is 2.57. The molecule has 0 N–H and O–H groups in total. The molecule has 19 heavy (non-hydrogen) atoms. The van der Waals surface area contributed by atoms with Crippen LogP contribution in [0.5, 0.6) is 0 Å². The highest BCUT2D eigenvalue weighted by Gasteiger charge is 2.72. The van der Waals surface area contributed by atoms with E-state index >= 15 is 0 Å². The molecule has 0 aromatic rings. The van der Waals surface area contributed by atoms with Gasteiger partial charge in [0.25, 0.3) is 0 Å². The van der Waals surface area contributed by atoms with Gasteiger partial charge >= 0.3 is 5.97 Å². The van der Waals surface area contributed by atoms with Crippen LogP contribution in [0.25, 0.3) is 0 Å². The maximum Gasteiger partial charge on any atom is 0.302 e. The van der Waals surface area contributed by atoms with Crippen LogP contribution in [0.3, 0.4) is 0 Å². The molecular formula is C17H28O2. The molecular weight excluding hydrogens is 236 g/mol. The molecule has 0 aliphatic heterocycles. The Morgan fingerprint density at radius 1 is 1.05 bits per heavy atom. The molecule has 5 atom stereocenters. The Morgan fingerprint density at radius 3 is 2.37 bits per heavy atom. The first kappa shape index (κ1) is 13.5. The van der Waals surface area contributed by atoms with Crippen LogP contribution < -0.4 is 0 Å². The number of hydrogen-bond donors (Lipinski definition) is 0. The lowest BCUT2D eigenvalue weighted by Gasteiger charge is -2.46. The second-order valence-electron chi connectivity index (χ2n) is 8.38. The second-order valence-corrected chi connectivity index (χ2v) is 8.38. The molecule has 108 valence electrons. The number of ether oxygens (including phenoxy) is 1. The topological polar surface area (TPSA) is 26.3 Å². The minimum Gasteiger partial charge on any atom is -0.462 e. The predicted molar refractivity (Wildman–Crippen MR) is 75.6 cm³/mol. The van der Waals surface area contributed by atoms with E-state index in [1.54, 1.807) is 6.92 Å². The van der Waals surface area contributed by atoms with Crippen molar-refractivity contribution in [2.45, 2.75) is 72.8 Å². The van der Waals surface area contributed by atoms with Crippen LogP contribution in [0.2, 0.25) is 0 Å². The summed E-state index contributed by atoms with van der Waals surface area (Å²) in [6.45, 7) is 11.2. The fourth-order valence-electron chi connectivity index (χ4n) is 6.02. The first-order valence-corrected chi connectivity index (χ1v) is 7.90. The lowest BCUT2D eigenvalue weighted by Crippen LogP contribution is -2.46. The number of rotatable bonds is 1. The summed E-state index contributed by atoms with van der Waals surface area (Å²) in [6, 6.07) is 0. The Kier molecular flexibility index (Phi) is 2.67. The molecule has 2 unspecified atom stereocenters. The summed E-state index contributed by atoms with van der Waals surface area (Å²) < 4.78 is 5.88. The zero-order chi connectivity index (χ0) is 14.1. The molecule has 3 saturated carbocycles. The largest absolute Gasteiger partial charge is 0.462 e. The summed E-state index contributed by atoms with van der Waals surface area (Å²) in [5.41, 5.74) is 0.887. The molecule has 0 heterocycles. The van der Waals surface area contributed by atoms with Crippen molar-refractivity contribution in [3.8, 4) is 0 Å². The van der Waals surface area contributed by atoms with E-state index in [0.717, 1.165) is 5.92 Å². The van der Waals surface area contributed by atoms with Crippen LogP contribution in [-0.4, -0.2) is 12.1 Å². The third-order valence-electron chi connectivity index (χ3n) is 7.20. The van der Waals surface area contributed by atoms with Crippen LogP contribution in [0, 0.1) is 28.1 Å². The van der Waals surface area contributed by atoms with E-state index in [9.17, 15) is 4.79 Å².